The number of hydrogen-bond donors (Lipinski definition) is 3. The molecule has 0 saturated heterocycles. The molecule has 1 amide bonds. The summed E-state index contributed by atoms with van der Waals surface area (Å²) in [6.45, 7) is 0. The van der Waals surface area contributed by atoms with Gasteiger partial charge >= 0.3 is 5.97 Å². The zero-order chi connectivity index (χ0) is 24.9. The van der Waals surface area contributed by atoms with E-state index in [-0.39, 0.29) is 28.6 Å². The second-order valence-corrected chi connectivity index (χ2v) is 8.34. The average molecular weight is 478 g/mol. The minimum atomic E-state index is -1.37. The third-order valence-corrected chi connectivity index (χ3v) is 6.28. The highest BCUT2D eigenvalue weighted by Crippen LogP contribution is 2.57. The predicted octanol–water partition coefficient (Wildman–Crippen LogP) is 4.43. The Morgan fingerprint density at radius 3 is 2.47 bits per heavy atom. The number of phenols is 2. The molecule has 8 heteroatoms. The zero-order valence-corrected chi connectivity index (χ0v) is 18.6. The first-order chi connectivity index (χ1) is 17.5. The van der Waals surface area contributed by atoms with E-state index < -0.39 is 17.5 Å². The van der Waals surface area contributed by atoms with Crippen molar-refractivity contribution in [2.45, 2.75) is 5.60 Å². The molecule has 0 bridgehead atoms. The number of carbonyl (C=O) groups is 2. The molecule has 6 rings (SSSR count). The van der Waals surface area contributed by atoms with Crippen molar-refractivity contribution in [3.05, 3.63) is 118 Å². The Bertz CT molecular complexity index is 1580. The van der Waals surface area contributed by atoms with Crippen LogP contribution in [0.1, 0.15) is 43.0 Å². The van der Waals surface area contributed by atoms with Gasteiger partial charge in [0.15, 0.2) is 5.60 Å². The molecule has 2 aliphatic rings. The molecule has 1 atom stereocenters. The smallest absolute Gasteiger partial charge is 0.340 e. The lowest BCUT2D eigenvalue weighted by Gasteiger charge is -2.37. The number of nitrogens with zero attached hydrogens (tertiary/aromatic N) is 1. The molecule has 36 heavy (non-hydrogen) atoms. The Morgan fingerprint density at radius 2 is 1.64 bits per heavy atom. The highest BCUT2D eigenvalue weighted by Gasteiger charge is 2.54. The minimum Gasteiger partial charge on any atom is -0.508 e. The maximum absolute atomic E-state index is 12.9. The summed E-state index contributed by atoms with van der Waals surface area (Å²) in [6, 6.07) is 23.2. The molecule has 0 unspecified atom stereocenters. The van der Waals surface area contributed by atoms with Crippen LogP contribution in [0.25, 0.3) is 0 Å². The molecule has 0 saturated carbocycles. The Hall–Kier alpha value is -5.11. The van der Waals surface area contributed by atoms with Crippen molar-refractivity contribution in [1.82, 2.24) is 5.43 Å². The van der Waals surface area contributed by atoms with E-state index in [1.807, 2.05) is 0 Å². The van der Waals surface area contributed by atoms with Crippen LogP contribution in [0.15, 0.2) is 90.0 Å². The topological polar surface area (TPSA) is 117 Å². The summed E-state index contributed by atoms with van der Waals surface area (Å²) in [5.41, 5.74) is 3.65. The van der Waals surface area contributed by atoms with Gasteiger partial charge in [0.2, 0.25) is 0 Å². The number of fused-ring (bicyclic) bond motifs is 6. The van der Waals surface area contributed by atoms with E-state index >= 15 is 0 Å². The van der Waals surface area contributed by atoms with Gasteiger partial charge in [-0.15, -0.1) is 0 Å². The van der Waals surface area contributed by atoms with Crippen LogP contribution in [0.2, 0.25) is 0 Å². The SMILES string of the molecule is O=C(N/N=C/c1c(O)ccc2c1Oc1cc(O)ccc1[C@@]21OC(=O)c2ccccc21)c1ccccc1. The van der Waals surface area contributed by atoms with Crippen molar-refractivity contribution < 1.29 is 29.3 Å². The second-order valence-electron chi connectivity index (χ2n) is 8.34. The van der Waals surface area contributed by atoms with Crippen molar-refractivity contribution in [2.75, 3.05) is 0 Å². The molecule has 8 nitrogen and oxygen atoms in total. The minimum absolute atomic E-state index is 0.0459. The fourth-order valence-corrected chi connectivity index (χ4v) is 4.67. The number of hydrogen-bond acceptors (Lipinski definition) is 7. The number of benzene rings is 4. The fraction of sp³-hybridized carbons (Fsp3) is 0.0357. The monoisotopic (exact) mass is 478 g/mol. The maximum atomic E-state index is 12.9. The highest BCUT2D eigenvalue weighted by molar-refractivity contribution is 5.98. The number of nitrogens with one attached hydrogen (secondary N) is 1. The number of phenolic OH excluding ortho intramolecular Hbond substituents is 2. The highest BCUT2D eigenvalue weighted by atomic mass is 16.6. The van der Waals surface area contributed by atoms with Gasteiger partial charge in [0.25, 0.3) is 5.91 Å². The number of aromatic hydroxyl groups is 2. The van der Waals surface area contributed by atoms with E-state index in [2.05, 4.69) is 10.5 Å². The van der Waals surface area contributed by atoms with Crippen LogP contribution in [0.5, 0.6) is 23.0 Å². The Kier molecular flexibility index (Phi) is 4.75. The molecule has 4 aromatic rings. The summed E-state index contributed by atoms with van der Waals surface area (Å²) < 4.78 is 12.2. The molecule has 1 spiro atoms. The van der Waals surface area contributed by atoms with E-state index in [1.54, 1.807) is 66.7 Å². The third kappa shape index (κ3) is 3.12. The summed E-state index contributed by atoms with van der Waals surface area (Å²) in [5, 5.41) is 24.8. The van der Waals surface area contributed by atoms with Crippen molar-refractivity contribution in [2.24, 2.45) is 5.10 Å². The molecule has 0 aliphatic carbocycles. The van der Waals surface area contributed by atoms with Crippen LogP contribution in [-0.2, 0) is 10.3 Å². The van der Waals surface area contributed by atoms with E-state index in [4.69, 9.17) is 9.47 Å². The number of amides is 1. The summed E-state index contributed by atoms with van der Waals surface area (Å²) in [5.74, 6) is -0.715. The summed E-state index contributed by atoms with van der Waals surface area (Å²) in [6.07, 6.45) is 1.26. The first-order valence-electron chi connectivity index (χ1n) is 11.1. The lowest BCUT2D eigenvalue weighted by Crippen LogP contribution is -2.33. The van der Waals surface area contributed by atoms with Crippen LogP contribution in [-0.4, -0.2) is 28.3 Å². The third-order valence-electron chi connectivity index (χ3n) is 6.28. The van der Waals surface area contributed by atoms with E-state index in [9.17, 15) is 19.8 Å². The van der Waals surface area contributed by atoms with Gasteiger partial charge in [-0.1, -0.05) is 36.4 Å². The molecule has 176 valence electrons. The van der Waals surface area contributed by atoms with Crippen molar-refractivity contribution >= 4 is 18.1 Å². The number of carbonyl (C=O) groups excluding carboxylic acids is 2. The lowest BCUT2D eigenvalue weighted by atomic mass is 9.77. The molecule has 0 fully saturated rings. The van der Waals surface area contributed by atoms with E-state index in [0.29, 0.717) is 27.8 Å². The van der Waals surface area contributed by atoms with Crippen LogP contribution in [0.4, 0.5) is 0 Å². The van der Waals surface area contributed by atoms with Gasteiger partial charge in [0.1, 0.15) is 23.0 Å². The summed E-state index contributed by atoms with van der Waals surface area (Å²) in [7, 11) is 0. The summed E-state index contributed by atoms with van der Waals surface area (Å²) in [4.78, 5) is 25.3. The quantitative estimate of drug-likeness (QED) is 0.228. The number of esters is 1. The van der Waals surface area contributed by atoms with Gasteiger partial charge in [-0.3, -0.25) is 4.79 Å². The molecular formula is C28H18N2O6. The molecule has 2 aliphatic heterocycles. The molecule has 0 radical (unpaired) electrons. The first-order valence-corrected chi connectivity index (χ1v) is 11.1. The van der Waals surface area contributed by atoms with Crippen LogP contribution >= 0.6 is 0 Å². The molecule has 0 aromatic heterocycles. The first kappa shape index (κ1) is 21.4. The number of ether oxygens (including phenoxy) is 2. The second kappa shape index (κ2) is 7.99. The number of hydrazone groups is 1. The van der Waals surface area contributed by atoms with Gasteiger partial charge in [-0.2, -0.15) is 5.10 Å². The standard InChI is InChI=1S/C28H18N2O6/c31-17-10-11-21-24(14-17)35-25-19(15-29-30-26(33)16-6-2-1-3-7-16)23(32)13-12-22(25)28(21)20-9-5-4-8-18(20)27(34)36-28/h1-15,31-32H,(H,30,33)/b29-15+/t28-/m1/s1. The van der Waals surface area contributed by atoms with E-state index in [0.717, 1.165) is 0 Å². The van der Waals surface area contributed by atoms with Crippen molar-refractivity contribution in [3.8, 4) is 23.0 Å². The molecule has 4 aromatic carbocycles. The Balaban J connectivity index is 1.50. The summed E-state index contributed by atoms with van der Waals surface area (Å²) >= 11 is 0. The van der Waals surface area contributed by atoms with Crippen molar-refractivity contribution in [3.63, 3.8) is 0 Å². The largest absolute Gasteiger partial charge is 0.508 e. The molecule has 2 heterocycles. The zero-order valence-electron chi connectivity index (χ0n) is 18.6. The fourth-order valence-electron chi connectivity index (χ4n) is 4.67. The van der Waals surface area contributed by atoms with Gasteiger partial charge in [0.05, 0.1) is 17.3 Å². The normalized spacial score (nSPS) is 17.2. The van der Waals surface area contributed by atoms with Gasteiger partial charge in [0, 0.05) is 28.3 Å². The maximum Gasteiger partial charge on any atom is 0.340 e. The molecule has 3 N–H and O–H groups in total. The van der Waals surface area contributed by atoms with Crippen LogP contribution in [0.3, 0.4) is 0 Å². The van der Waals surface area contributed by atoms with Crippen LogP contribution in [0, 0.1) is 0 Å². The Morgan fingerprint density at radius 1 is 0.889 bits per heavy atom. The lowest BCUT2D eigenvalue weighted by molar-refractivity contribution is 0.0224. The van der Waals surface area contributed by atoms with Gasteiger partial charge < -0.3 is 19.7 Å². The Labute approximate surface area is 205 Å². The van der Waals surface area contributed by atoms with Gasteiger partial charge in [-0.25, -0.2) is 10.2 Å². The average Bonchev–Trinajstić information content (AvgIpc) is 3.18. The predicted molar refractivity (Wildman–Crippen MR) is 130 cm³/mol. The van der Waals surface area contributed by atoms with E-state index in [1.165, 1.54) is 24.4 Å². The van der Waals surface area contributed by atoms with Crippen LogP contribution < -0.4 is 10.2 Å². The number of rotatable bonds is 3. The van der Waals surface area contributed by atoms with Crippen molar-refractivity contribution in [1.29, 1.82) is 0 Å². The molecular weight excluding hydrogens is 460 g/mol. The van der Waals surface area contributed by atoms with Gasteiger partial charge in [-0.05, 0) is 42.5 Å².